The smallest absolute Gasteiger partial charge is 0.175 e. The second-order valence-corrected chi connectivity index (χ2v) is 6.86. The van der Waals surface area contributed by atoms with Crippen LogP contribution < -0.4 is 5.32 Å². The van der Waals surface area contributed by atoms with Crippen molar-refractivity contribution >= 4 is 15.5 Å². The highest BCUT2D eigenvalue weighted by Gasteiger charge is 2.31. The minimum absolute atomic E-state index is 0.268. The molecule has 0 radical (unpaired) electrons. The van der Waals surface area contributed by atoms with Gasteiger partial charge in [0.15, 0.2) is 9.84 Å². The minimum Gasteiger partial charge on any atom is -0.383 e. The van der Waals surface area contributed by atoms with E-state index >= 15 is 0 Å². The molecule has 1 atom stereocenters. The molecular formula is C13H19NO3S. The van der Waals surface area contributed by atoms with Crippen LogP contribution in [0.2, 0.25) is 0 Å². The van der Waals surface area contributed by atoms with Crippen molar-refractivity contribution in [2.45, 2.75) is 23.8 Å². The van der Waals surface area contributed by atoms with Crippen molar-refractivity contribution in [1.29, 1.82) is 0 Å². The predicted octanol–water partition coefficient (Wildman–Crippen LogP) is 1.93. The largest absolute Gasteiger partial charge is 0.383 e. The Hall–Kier alpha value is -1.07. The zero-order valence-electron chi connectivity index (χ0n) is 10.7. The second kappa shape index (κ2) is 5.28. The summed E-state index contributed by atoms with van der Waals surface area (Å²) in [5, 5.41) is 3.36. The molecule has 5 heteroatoms. The highest BCUT2D eigenvalue weighted by Crippen LogP contribution is 2.34. The van der Waals surface area contributed by atoms with Gasteiger partial charge in [0.25, 0.3) is 0 Å². The number of methoxy groups -OCH3 is 1. The molecule has 100 valence electrons. The Morgan fingerprint density at radius 3 is 2.72 bits per heavy atom. The first-order valence-corrected chi connectivity index (χ1v) is 7.95. The molecule has 0 aliphatic heterocycles. The van der Waals surface area contributed by atoms with Gasteiger partial charge in [-0.2, -0.15) is 0 Å². The molecule has 0 amide bonds. The molecule has 1 aromatic rings. The number of rotatable bonds is 6. The van der Waals surface area contributed by atoms with E-state index in [0.29, 0.717) is 17.4 Å². The third-order valence-corrected chi connectivity index (χ3v) is 4.26. The van der Waals surface area contributed by atoms with Crippen LogP contribution >= 0.6 is 0 Å². The molecule has 2 rings (SSSR count). The lowest BCUT2D eigenvalue weighted by Crippen LogP contribution is -2.27. The Labute approximate surface area is 108 Å². The summed E-state index contributed by atoms with van der Waals surface area (Å²) in [7, 11) is -1.46. The van der Waals surface area contributed by atoms with Gasteiger partial charge in [0.05, 0.1) is 17.5 Å². The van der Waals surface area contributed by atoms with E-state index in [0.717, 1.165) is 5.69 Å². The minimum atomic E-state index is -3.15. The summed E-state index contributed by atoms with van der Waals surface area (Å²) in [5.74, 6) is 0.645. The van der Waals surface area contributed by atoms with Gasteiger partial charge in [0.2, 0.25) is 0 Å². The third kappa shape index (κ3) is 3.46. The van der Waals surface area contributed by atoms with Gasteiger partial charge in [-0.15, -0.1) is 0 Å². The van der Waals surface area contributed by atoms with Crippen molar-refractivity contribution < 1.29 is 13.2 Å². The summed E-state index contributed by atoms with van der Waals surface area (Å²) in [5.41, 5.74) is 0.840. The zero-order chi connectivity index (χ0) is 13.2. The van der Waals surface area contributed by atoms with Gasteiger partial charge < -0.3 is 10.1 Å². The Morgan fingerprint density at radius 1 is 1.44 bits per heavy atom. The summed E-state index contributed by atoms with van der Waals surface area (Å²) < 4.78 is 28.2. The third-order valence-electron chi connectivity index (χ3n) is 3.15. The van der Waals surface area contributed by atoms with Gasteiger partial charge >= 0.3 is 0 Å². The number of hydrogen-bond acceptors (Lipinski definition) is 4. The first-order valence-electron chi connectivity index (χ1n) is 6.06. The van der Waals surface area contributed by atoms with E-state index < -0.39 is 9.84 Å². The van der Waals surface area contributed by atoms with Crippen molar-refractivity contribution in [1.82, 2.24) is 0 Å². The van der Waals surface area contributed by atoms with Crippen molar-refractivity contribution in [2.24, 2.45) is 5.92 Å². The van der Waals surface area contributed by atoms with Crippen LogP contribution in [0.25, 0.3) is 0 Å². The summed E-state index contributed by atoms with van der Waals surface area (Å²) in [6, 6.07) is 7.21. The van der Waals surface area contributed by atoms with Gasteiger partial charge in [0.1, 0.15) is 0 Å². The maximum absolute atomic E-state index is 11.5. The summed E-state index contributed by atoms with van der Waals surface area (Å²) in [4.78, 5) is 0.347. The molecule has 1 saturated carbocycles. The van der Waals surface area contributed by atoms with Crippen LogP contribution in [0.5, 0.6) is 0 Å². The molecular weight excluding hydrogens is 250 g/mol. The van der Waals surface area contributed by atoms with Crippen LogP contribution in [0.3, 0.4) is 0 Å². The first kappa shape index (κ1) is 13.4. The molecule has 0 spiro atoms. The number of ether oxygens (including phenoxy) is 1. The molecule has 4 nitrogen and oxygen atoms in total. The molecule has 0 bridgehead atoms. The molecule has 18 heavy (non-hydrogen) atoms. The number of benzene rings is 1. The molecule has 0 aromatic heterocycles. The molecule has 1 N–H and O–H groups in total. The van der Waals surface area contributed by atoms with Gasteiger partial charge in [-0.25, -0.2) is 8.42 Å². The monoisotopic (exact) mass is 269 g/mol. The van der Waals surface area contributed by atoms with E-state index in [1.807, 2.05) is 6.07 Å². The average molecular weight is 269 g/mol. The highest BCUT2D eigenvalue weighted by atomic mass is 32.2. The number of sulfone groups is 1. The van der Waals surface area contributed by atoms with Crippen molar-refractivity contribution in [3.05, 3.63) is 24.3 Å². The summed E-state index contributed by atoms with van der Waals surface area (Å²) in [6.45, 7) is 0.647. The summed E-state index contributed by atoms with van der Waals surface area (Å²) >= 11 is 0. The maximum Gasteiger partial charge on any atom is 0.175 e. The fraction of sp³-hybridized carbons (Fsp3) is 0.538. The van der Waals surface area contributed by atoms with Gasteiger partial charge in [-0.3, -0.25) is 0 Å². The van der Waals surface area contributed by atoms with Crippen LogP contribution in [0, 0.1) is 5.92 Å². The molecule has 1 aromatic carbocycles. The van der Waals surface area contributed by atoms with Crippen molar-refractivity contribution in [3.63, 3.8) is 0 Å². The second-order valence-electron chi connectivity index (χ2n) is 4.84. The molecule has 1 fully saturated rings. The van der Waals surface area contributed by atoms with E-state index in [2.05, 4.69) is 5.32 Å². The van der Waals surface area contributed by atoms with Gasteiger partial charge in [0, 0.05) is 19.1 Å². The fourth-order valence-corrected chi connectivity index (χ4v) is 2.67. The maximum atomic E-state index is 11.5. The molecule has 1 aliphatic rings. The lowest BCUT2D eigenvalue weighted by Gasteiger charge is -2.19. The van der Waals surface area contributed by atoms with Crippen LogP contribution in [0.4, 0.5) is 5.69 Å². The lowest BCUT2D eigenvalue weighted by molar-refractivity contribution is 0.179. The molecule has 1 aliphatic carbocycles. The van der Waals surface area contributed by atoms with Crippen LogP contribution in [-0.4, -0.2) is 34.4 Å². The molecule has 1 unspecified atom stereocenters. The van der Waals surface area contributed by atoms with Crippen LogP contribution in [0.15, 0.2) is 29.2 Å². The number of nitrogens with one attached hydrogen (secondary N) is 1. The zero-order valence-corrected chi connectivity index (χ0v) is 11.5. The number of anilines is 1. The van der Waals surface area contributed by atoms with E-state index in [4.69, 9.17) is 4.74 Å². The Balaban J connectivity index is 2.13. The summed E-state index contributed by atoms with van der Waals surface area (Å²) in [6.07, 6.45) is 3.65. The topological polar surface area (TPSA) is 55.4 Å². The Morgan fingerprint density at radius 2 is 2.17 bits per heavy atom. The molecule has 0 heterocycles. The van der Waals surface area contributed by atoms with Gasteiger partial charge in [-0.05, 0) is 37.0 Å². The lowest BCUT2D eigenvalue weighted by atomic mass is 10.2. The average Bonchev–Trinajstić information content (AvgIpc) is 3.11. The first-order chi connectivity index (χ1) is 8.50. The number of hydrogen-bond donors (Lipinski definition) is 1. The van der Waals surface area contributed by atoms with E-state index in [1.165, 1.54) is 19.1 Å². The van der Waals surface area contributed by atoms with E-state index in [9.17, 15) is 8.42 Å². The standard InChI is InChI=1S/C13H19NO3S/c1-17-9-13(10-6-7-10)14-11-4-3-5-12(8-11)18(2,15)16/h3-5,8,10,13-14H,6-7,9H2,1-2H3. The Kier molecular flexibility index (Phi) is 3.92. The predicted molar refractivity (Wildman–Crippen MR) is 71.6 cm³/mol. The Bertz CT molecular complexity index is 509. The quantitative estimate of drug-likeness (QED) is 0.857. The highest BCUT2D eigenvalue weighted by molar-refractivity contribution is 7.90. The van der Waals surface area contributed by atoms with E-state index in [1.54, 1.807) is 25.3 Å². The fourth-order valence-electron chi connectivity index (χ4n) is 2.00. The molecule has 0 saturated heterocycles. The van der Waals surface area contributed by atoms with Crippen LogP contribution in [0.1, 0.15) is 12.8 Å². The van der Waals surface area contributed by atoms with Crippen LogP contribution in [-0.2, 0) is 14.6 Å². The normalized spacial score (nSPS) is 17.4. The van der Waals surface area contributed by atoms with Crippen molar-refractivity contribution in [2.75, 3.05) is 25.3 Å². The van der Waals surface area contributed by atoms with E-state index in [-0.39, 0.29) is 6.04 Å². The SMILES string of the molecule is COCC(Nc1cccc(S(C)(=O)=O)c1)C1CC1. The van der Waals surface area contributed by atoms with Gasteiger partial charge in [-0.1, -0.05) is 6.07 Å². The van der Waals surface area contributed by atoms with Crippen molar-refractivity contribution in [3.8, 4) is 0 Å².